The molecule has 0 aliphatic heterocycles. The van der Waals surface area contributed by atoms with Gasteiger partial charge in [-0.2, -0.15) is 4.57 Å². The number of aryl methyl sites for hydroxylation is 3. The lowest BCUT2D eigenvalue weighted by molar-refractivity contribution is -0.644. The molecule has 142 valence electrons. The van der Waals surface area contributed by atoms with Crippen LogP contribution in [0.15, 0.2) is 54.7 Å². The lowest BCUT2D eigenvalue weighted by Gasteiger charge is -2.14. The van der Waals surface area contributed by atoms with Crippen LogP contribution in [0.1, 0.15) is 36.5 Å². The molecule has 0 N–H and O–H groups in total. The molecule has 3 aromatic heterocycles. The van der Waals surface area contributed by atoms with Gasteiger partial charge >= 0.3 is 0 Å². The van der Waals surface area contributed by atoms with Crippen LogP contribution in [0.3, 0.4) is 0 Å². The third kappa shape index (κ3) is 1.99. The molecule has 0 bridgehead atoms. The molecule has 6 rings (SSSR count). The van der Waals surface area contributed by atoms with Gasteiger partial charge in [0.05, 0.1) is 16.4 Å². The fourth-order valence-corrected chi connectivity index (χ4v) is 5.36. The highest BCUT2D eigenvalue weighted by molar-refractivity contribution is 6.26. The minimum absolute atomic E-state index is 0.521. The third-order valence-corrected chi connectivity index (χ3v) is 6.76. The highest BCUT2D eigenvalue weighted by atomic mass is 15.0. The molecule has 0 saturated heterocycles. The lowest BCUT2D eigenvalue weighted by atomic mass is 9.95. The molecule has 3 heterocycles. The molecule has 0 amide bonds. The van der Waals surface area contributed by atoms with Crippen LogP contribution in [0.4, 0.5) is 0 Å². The number of nitrogens with zero attached hydrogens (tertiary/aromatic N) is 2. The molecule has 0 saturated carbocycles. The number of hydrogen-bond donors (Lipinski definition) is 0. The van der Waals surface area contributed by atoms with Crippen LogP contribution in [-0.2, 0) is 7.05 Å². The van der Waals surface area contributed by atoms with Crippen molar-refractivity contribution in [3.05, 3.63) is 71.4 Å². The van der Waals surface area contributed by atoms with Gasteiger partial charge in [0.15, 0.2) is 6.20 Å². The molecule has 3 aromatic carbocycles. The largest absolute Gasteiger partial charge is 0.303 e. The molecule has 0 fully saturated rings. The number of aromatic nitrogens is 2. The number of benzene rings is 3. The van der Waals surface area contributed by atoms with E-state index in [9.17, 15) is 0 Å². The van der Waals surface area contributed by atoms with Crippen molar-refractivity contribution in [2.24, 2.45) is 7.05 Å². The van der Waals surface area contributed by atoms with E-state index in [0.29, 0.717) is 5.92 Å². The summed E-state index contributed by atoms with van der Waals surface area (Å²) in [5.41, 5.74) is 9.36. The number of fused-ring (bicyclic) bond motifs is 5. The summed E-state index contributed by atoms with van der Waals surface area (Å²) in [5.74, 6) is 0.521. The second-order valence-corrected chi connectivity index (χ2v) is 8.89. The minimum Gasteiger partial charge on any atom is -0.303 e. The van der Waals surface area contributed by atoms with Crippen molar-refractivity contribution in [1.29, 1.82) is 0 Å². The molecule has 0 aliphatic rings. The molecule has 2 nitrogen and oxygen atoms in total. The van der Waals surface area contributed by atoms with Gasteiger partial charge in [-0.05, 0) is 60.0 Å². The first-order valence-corrected chi connectivity index (χ1v) is 10.5. The SMILES string of the molecule is Cc1cc(C)c2c3c1cccc3n1c3ccc(C(C)C)cc3c3cc[n+](C)c2c31. The van der Waals surface area contributed by atoms with Crippen molar-refractivity contribution in [3.8, 4) is 0 Å². The summed E-state index contributed by atoms with van der Waals surface area (Å²) in [7, 11) is 2.18. The van der Waals surface area contributed by atoms with Crippen LogP contribution in [0.2, 0.25) is 0 Å². The zero-order valence-electron chi connectivity index (χ0n) is 17.7. The fraction of sp³-hybridized carbons (Fsp3) is 0.222. The Kier molecular flexibility index (Phi) is 3.17. The molecular formula is C27H25N2+. The zero-order valence-corrected chi connectivity index (χ0v) is 17.7. The Morgan fingerprint density at radius 2 is 1.62 bits per heavy atom. The summed E-state index contributed by atoms with van der Waals surface area (Å²) in [5, 5.41) is 6.82. The zero-order chi connectivity index (χ0) is 20.0. The first kappa shape index (κ1) is 16.8. The van der Waals surface area contributed by atoms with Gasteiger partial charge < -0.3 is 4.40 Å². The van der Waals surface area contributed by atoms with Gasteiger partial charge in [-0.25, -0.2) is 0 Å². The van der Waals surface area contributed by atoms with E-state index in [0.717, 1.165) is 0 Å². The lowest BCUT2D eigenvalue weighted by Crippen LogP contribution is -2.29. The predicted octanol–water partition coefficient (Wildman–Crippen LogP) is 6.55. The van der Waals surface area contributed by atoms with E-state index >= 15 is 0 Å². The van der Waals surface area contributed by atoms with Crippen LogP contribution >= 0.6 is 0 Å². The van der Waals surface area contributed by atoms with E-state index in [1.54, 1.807) is 0 Å². The van der Waals surface area contributed by atoms with Crippen molar-refractivity contribution in [1.82, 2.24) is 4.40 Å². The van der Waals surface area contributed by atoms with Crippen molar-refractivity contribution < 1.29 is 4.57 Å². The molecule has 0 radical (unpaired) electrons. The van der Waals surface area contributed by atoms with Crippen LogP contribution in [0, 0.1) is 13.8 Å². The Hall–Kier alpha value is -3.13. The maximum absolute atomic E-state index is 2.50. The summed E-state index contributed by atoms with van der Waals surface area (Å²) in [6, 6.07) is 18.4. The van der Waals surface area contributed by atoms with Gasteiger partial charge in [-0.3, -0.25) is 0 Å². The monoisotopic (exact) mass is 377 g/mol. The number of pyridine rings is 2. The van der Waals surface area contributed by atoms with E-state index in [1.165, 1.54) is 65.7 Å². The van der Waals surface area contributed by atoms with E-state index in [1.807, 2.05) is 0 Å². The van der Waals surface area contributed by atoms with Gasteiger partial charge in [-0.1, -0.05) is 38.1 Å². The van der Waals surface area contributed by atoms with Crippen molar-refractivity contribution in [3.63, 3.8) is 0 Å². The van der Waals surface area contributed by atoms with Crippen LogP contribution < -0.4 is 4.57 Å². The maximum atomic E-state index is 2.50. The van der Waals surface area contributed by atoms with E-state index in [2.05, 4.69) is 98.4 Å². The average molecular weight is 378 g/mol. The second-order valence-electron chi connectivity index (χ2n) is 8.89. The number of rotatable bonds is 1. The van der Waals surface area contributed by atoms with Gasteiger partial charge in [0, 0.05) is 22.2 Å². The van der Waals surface area contributed by atoms with Crippen LogP contribution in [-0.4, -0.2) is 4.40 Å². The smallest absolute Gasteiger partial charge is 0.238 e. The van der Waals surface area contributed by atoms with E-state index < -0.39 is 0 Å². The Morgan fingerprint density at radius 3 is 2.41 bits per heavy atom. The van der Waals surface area contributed by atoms with Gasteiger partial charge in [0.1, 0.15) is 12.6 Å². The van der Waals surface area contributed by atoms with Crippen molar-refractivity contribution in [2.75, 3.05) is 0 Å². The highest BCUT2D eigenvalue weighted by Crippen LogP contribution is 2.41. The van der Waals surface area contributed by atoms with Gasteiger partial charge in [0.25, 0.3) is 0 Å². The summed E-state index contributed by atoms with van der Waals surface area (Å²) < 4.78 is 4.80. The Bertz CT molecular complexity index is 1600. The van der Waals surface area contributed by atoms with Crippen molar-refractivity contribution in [2.45, 2.75) is 33.6 Å². The fourth-order valence-electron chi connectivity index (χ4n) is 5.36. The second kappa shape index (κ2) is 5.48. The summed E-state index contributed by atoms with van der Waals surface area (Å²) in [6.07, 6.45) is 2.22. The maximum Gasteiger partial charge on any atom is 0.238 e. The molecule has 0 atom stereocenters. The normalized spacial score (nSPS) is 12.6. The molecular weight excluding hydrogens is 352 g/mol. The Morgan fingerprint density at radius 1 is 0.793 bits per heavy atom. The van der Waals surface area contributed by atoms with E-state index in [4.69, 9.17) is 0 Å². The third-order valence-electron chi connectivity index (χ3n) is 6.76. The molecule has 2 heteroatoms. The average Bonchev–Trinajstić information content (AvgIpc) is 3.03. The first-order valence-electron chi connectivity index (χ1n) is 10.5. The van der Waals surface area contributed by atoms with Crippen LogP contribution in [0.5, 0.6) is 0 Å². The molecule has 6 aromatic rings. The highest BCUT2D eigenvalue weighted by Gasteiger charge is 2.24. The summed E-state index contributed by atoms with van der Waals surface area (Å²) in [6.45, 7) is 9.03. The number of hydrogen-bond acceptors (Lipinski definition) is 0. The summed E-state index contributed by atoms with van der Waals surface area (Å²) >= 11 is 0. The first-order chi connectivity index (χ1) is 14.0. The predicted molar refractivity (Wildman–Crippen MR) is 123 cm³/mol. The standard InChI is InChI=1S/C27H25N2/c1-15(2)18-9-10-22-21(14-18)20-11-12-28(5)27-24-17(4)13-16(3)19-7-6-8-23(25(19)24)29(22)26(20)27/h6-15H,1-5H3/q+1. The molecule has 29 heavy (non-hydrogen) atoms. The topological polar surface area (TPSA) is 8.29 Å². The Labute approximate surface area is 170 Å². The quantitative estimate of drug-likeness (QED) is 0.174. The van der Waals surface area contributed by atoms with Gasteiger partial charge in [-0.15, -0.1) is 0 Å². The van der Waals surface area contributed by atoms with Gasteiger partial charge in [0.2, 0.25) is 5.52 Å². The van der Waals surface area contributed by atoms with Crippen molar-refractivity contribution >= 4 is 49.0 Å². The summed E-state index contributed by atoms with van der Waals surface area (Å²) in [4.78, 5) is 0. The Balaban J connectivity index is 2.04. The van der Waals surface area contributed by atoms with Crippen LogP contribution in [0.25, 0.3) is 49.0 Å². The molecule has 0 aliphatic carbocycles. The molecule has 0 unspecified atom stereocenters. The van der Waals surface area contributed by atoms with E-state index in [-0.39, 0.29) is 0 Å². The molecule has 0 spiro atoms. The minimum atomic E-state index is 0.521.